The van der Waals surface area contributed by atoms with Crippen molar-refractivity contribution in [3.8, 4) is 17.1 Å². The molecule has 0 atom stereocenters. The molecule has 0 amide bonds. The molecule has 1 aromatic heterocycles. The van der Waals surface area contributed by atoms with E-state index in [0.29, 0.717) is 0 Å². The maximum atomic E-state index is 13.1. The molecule has 0 aliphatic carbocycles. The van der Waals surface area contributed by atoms with Crippen LogP contribution in [0.3, 0.4) is 0 Å². The highest BCUT2D eigenvalue weighted by molar-refractivity contribution is 7.90. The Bertz CT molecular complexity index is 1360. The van der Waals surface area contributed by atoms with Gasteiger partial charge in [-0.2, -0.15) is 21.6 Å². The van der Waals surface area contributed by atoms with Gasteiger partial charge in [0, 0.05) is 0 Å². The molecule has 3 aromatic rings. The number of esters is 1. The van der Waals surface area contributed by atoms with Crippen LogP contribution in [0.4, 0.5) is 13.2 Å². The van der Waals surface area contributed by atoms with Gasteiger partial charge in [0.2, 0.25) is 0 Å². The predicted octanol–water partition coefficient (Wildman–Crippen LogP) is 3.94. The fraction of sp³-hybridized carbons (Fsp3) is 0.150. The summed E-state index contributed by atoms with van der Waals surface area (Å²) >= 11 is 0. The van der Waals surface area contributed by atoms with E-state index < -0.39 is 48.5 Å². The lowest BCUT2D eigenvalue weighted by Crippen LogP contribution is -2.29. The molecule has 0 radical (unpaired) electrons. The number of carbonyl (C=O) groups excluding carboxylic acids is 1. The van der Waals surface area contributed by atoms with Gasteiger partial charge in [0.25, 0.3) is 0 Å². The first-order valence-electron chi connectivity index (χ1n) is 8.94. The van der Waals surface area contributed by atoms with Gasteiger partial charge in [0.05, 0.1) is 29.6 Å². The van der Waals surface area contributed by atoms with Crippen LogP contribution in [-0.2, 0) is 30.4 Å². The fourth-order valence-corrected chi connectivity index (χ4v) is 4.73. The highest BCUT2D eigenvalue weighted by Gasteiger charge is 2.49. The molecule has 0 fully saturated rings. The normalized spacial score (nSPS) is 12.4. The molecule has 0 aliphatic rings. The summed E-state index contributed by atoms with van der Waals surface area (Å²) < 4.78 is 102. The molecule has 0 aliphatic heterocycles. The smallest absolute Gasteiger partial charge is 0.465 e. The maximum absolute atomic E-state index is 13.1. The monoisotopic (exact) mass is 504 g/mol. The van der Waals surface area contributed by atoms with Crippen LogP contribution in [0.2, 0.25) is 0 Å². The van der Waals surface area contributed by atoms with Gasteiger partial charge < -0.3 is 13.3 Å². The predicted molar refractivity (Wildman–Crippen MR) is 108 cm³/mol. The summed E-state index contributed by atoms with van der Waals surface area (Å²) in [6.07, 6.45) is 1.16. The molecule has 0 unspecified atom stereocenters. The van der Waals surface area contributed by atoms with Crippen molar-refractivity contribution in [2.75, 3.05) is 7.11 Å². The van der Waals surface area contributed by atoms with Gasteiger partial charge in [0.15, 0.2) is 15.6 Å². The second kappa shape index (κ2) is 8.90. The van der Waals surface area contributed by atoms with E-state index >= 15 is 0 Å². The zero-order valence-corrected chi connectivity index (χ0v) is 18.3. The van der Waals surface area contributed by atoms with Crippen molar-refractivity contribution in [3.63, 3.8) is 0 Å². The molecule has 0 saturated carbocycles. The molecule has 33 heavy (non-hydrogen) atoms. The summed E-state index contributed by atoms with van der Waals surface area (Å²) in [5.74, 6) is -3.38. The molecule has 3 rings (SSSR count). The Hall–Kier alpha value is -3.32. The molecule has 0 saturated heterocycles. The number of furan rings is 1. The van der Waals surface area contributed by atoms with Crippen molar-refractivity contribution < 1.29 is 48.1 Å². The first kappa shape index (κ1) is 24.3. The van der Waals surface area contributed by atoms with Gasteiger partial charge in [0.1, 0.15) is 11.3 Å². The lowest BCUT2D eigenvalue weighted by molar-refractivity contribution is -0.0500. The van der Waals surface area contributed by atoms with Gasteiger partial charge in [-0.25, -0.2) is 13.2 Å². The number of alkyl halides is 3. The third-order valence-electron chi connectivity index (χ3n) is 4.34. The molecule has 2 aromatic carbocycles. The highest BCUT2D eigenvalue weighted by Crippen LogP contribution is 2.40. The highest BCUT2D eigenvalue weighted by atomic mass is 32.2. The van der Waals surface area contributed by atoms with Crippen LogP contribution in [0.1, 0.15) is 15.9 Å². The number of carbonyl (C=O) groups is 1. The number of ether oxygens (including phenoxy) is 1. The van der Waals surface area contributed by atoms with E-state index in [2.05, 4.69) is 8.92 Å². The molecular formula is C20H15F3O8S2. The Morgan fingerprint density at radius 1 is 0.970 bits per heavy atom. The van der Waals surface area contributed by atoms with Gasteiger partial charge in [-0.05, 0) is 35.9 Å². The van der Waals surface area contributed by atoms with Crippen molar-refractivity contribution in [1.82, 2.24) is 0 Å². The topological polar surface area (TPSA) is 117 Å². The van der Waals surface area contributed by atoms with Crippen LogP contribution in [0.15, 0.2) is 70.2 Å². The van der Waals surface area contributed by atoms with Gasteiger partial charge >= 0.3 is 21.6 Å². The summed E-state index contributed by atoms with van der Waals surface area (Å²) in [4.78, 5) is 12.4. The second-order valence-electron chi connectivity index (χ2n) is 6.50. The van der Waals surface area contributed by atoms with Crippen LogP contribution < -0.4 is 4.18 Å². The van der Waals surface area contributed by atoms with E-state index in [1.54, 1.807) is 6.07 Å². The first-order valence-corrected chi connectivity index (χ1v) is 12.0. The third-order valence-corrected chi connectivity index (χ3v) is 6.98. The number of hydrogen-bond donors (Lipinski definition) is 0. The quantitative estimate of drug-likeness (QED) is 0.270. The largest absolute Gasteiger partial charge is 0.534 e. The minimum Gasteiger partial charge on any atom is -0.465 e. The van der Waals surface area contributed by atoms with E-state index in [0.717, 1.165) is 25.5 Å². The van der Waals surface area contributed by atoms with E-state index in [-0.39, 0.29) is 21.8 Å². The molecule has 0 bridgehead atoms. The van der Waals surface area contributed by atoms with Gasteiger partial charge in [-0.1, -0.05) is 24.3 Å². The SMILES string of the molecule is COC(=O)c1c(CS(=O)(=O)c2ccccc2)ccc(-c2ccco2)c1OS(=O)(=O)C(F)(F)F. The van der Waals surface area contributed by atoms with E-state index in [1.165, 1.54) is 36.4 Å². The summed E-state index contributed by atoms with van der Waals surface area (Å²) in [5, 5.41) is 0. The minimum absolute atomic E-state index is 0.124. The number of methoxy groups -OCH3 is 1. The van der Waals surface area contributed by atoms with Crippen molar-refractivity contribution in [2.45, 2.75) is 16.2 Å². The number of rotatable bonds is 7. The Morgan fingerprint density at radius 3 is 2.18 bits per heavy atom. The average molecular weight is 504 g/mol. The zero-order valence-electron chi connectivity index (χ0n) is 16.7. The molecule has 8 nitrogen and oxygen atoms in total. The Labute approximate surface area is 186 Å². The van der Waals surface area contributed by atoms with Crippen LogP contribution in [-0.4, -0.2) is 35.4 Å². The second-order valence-corrected chi connectivity index (χ2v) is 10.0. The van der Waals surface area contributed by atoms with E-state index in [9.17, 15) is 34.8 Å². The van der Waals surface area contributed by atoms with Gasteiger partial charge in [-0.3, -0.25) is 0 Å². The van der Waals surface area contributed by atoms with Crippen LogP contribution in [0.25, 0.3) is 11.3 Å². The fourth-order valence-electron chi connectivity index (χ4n) is 2.85. The average Bonchev–Trinajstić information content (AvgIpc) is 3.27. The zero-order chi connectivity index (χ0) is 24.4. The van der Waals surface area contributed by atoms with Crippen LogP contribution in [0.5, 0.6) is 5.75 Å². The molecule has 0 spiro atoms. The molecule has 1 heterocycles. The number of sulfone groups is 1. The molecule has 0 N–H and O–H groups in total. The van der Waals surface area contributed by atoms with E-state index in [4.69, 9.17) is 4.42 Å². The van der Waals surface area contributed by atoms with Gasteiger partial charge in [-0.15, -0.1) is 0 Å². The van der Waals surface area contributed by atoms with Crippen LogP contribution >= 0.6 is 0 Å². The Balaban J connectivity index is 2.27. The molecule has 176 valence electrons. The Kier molecular flexibility index (Phi) is 6.56. The summed E-state index contributed by atoms with van der Waals surface area (Å²) in [7, 11) is -9.44. The summed E-state index contributed by atoms with van der Waals surface area (Å²) in [6.45, 7) is 0. The van der Waals surface area contributed by atoms with E-state index in [1.807, 2.05) is 0 Å². The standard InChI is InChI=1S/C20H15F3O8S2/c1-29-19(24)17-13(12-32(25,26)14-6-3-2-4-7-14)9-10-15(16-8-5-11-30-16)18(17)31-33(27,28)20(21,22)23/h2-11H,12H2,1H3. The van der Waals surface area contributed by atoms with Crippen molar-refractivity contribution >= 4 is 25.9 Å². The lowest BCUT2D eigenvalue weighted by Gasteiger charge is -2.18. The van der Waals surface area contributed by atoms with Crippen LogP contribution in [0, 0.1) is 0 Å². The molecule has 13 heteroatoms. The minimum atomic E-state index is -6.24. The molecular weight excluding hydrogens is 489 g/mol. The Morgan fingerprint density at radius 2 is 1.64 bits per heavy atom. The van der Waals surface area contributed by atoms with Crippen molar-refractivity contribution in [2.24, 2.45) is 0 Å². The number of hydrogen-bond acceptors (Lipinski definition) is 8. The maximum Gasteiger partial charge on any atom is 0.534 e. The van der Waals surface area contributed by atoms with Crippen molar-refractivity contribution in [3.05, 3.63) is 72.0 Å². The van der Waals surface area contributed by atoms with Crippen molar-refractivity contribution in [1.29, 1.82) is 0 Å². The summed E-state index contributed by atoms with van der Waals surface area (Å²) in [5.41, 5.74) is -7.31. The lowest BCUT2D eigenvalue weighted by atomic mass is 10.0. The third kappa shape index (κ3) is 5.03. The number of benzene rings is 2. The summed E-state index contributed by atoms with van der Waals surface area (Å²) in [6, 6.07) is 11.9. The first-order chi connectivity index (χ1) is 15.4. The number of halogens is 3.